The van der Waals surface area contributed by atoms with Gasteiger partial charge in [-0.3, -0.25) is 9.48 Å². The van der Waals surface area contributed by atoms with Crippen molar-refractivity contribution in [2.24, 2.45) is 0 Å². The van der Waals surface area contributed by atoms with E-state index in [1.54, 1.807) is 4.68 Å². The Labute approximate surface area is 123 Å². The maximum atomic E-state index is 12.0. The number of carbonyl (C=O) groups excluding carboxylic acids is 1. The van der Waals surface area contributed by atoms with Gasteiger partial charge in [0.15, 0.2) is 0 Å². The van der Waals surface area contributed by atoms with Crippen LogP contribution in [0.4, 0.5) is 0 Å². The summed E-state index contributed by atoms with van der Waals surface area (Å²) in [5.41, 5.74) is 1.86. The summed E-state index contributed by atoms with van der Waals surface area (Å²) < 4.78 is 7.44. The zero-order chi connectivity index (χ0) is 14.5. The number of amides is 1. The number of rotatable bonds is 1. The van der Waals surface area contributed by atoms with E-state index in [1.165, 1.54) is 0 Å². The minimum atomic E-state index is -0.131. The third-order valence-electron chi connectivity index (χ3n) is 3.45. The van der Waals surface area contributed by atoms with E-state index in [2.05, 4.69) is 15.6 Å². The van der Waals surface area contributed by atoms with Crippen molar-refractivity contribution in [2.45, 2.75) is 32.0 Å². The Morgan fingerprint density at radius 1 is 1.29 bits per heavy atom. The molecule has 2 bridgehead atoms. The van der Waals surface area contributed by atoms with Gasteiger partial charge in [0.05, 0.1) is 25.5 Å². The van der Waals surface area contributed by atoms with Gasteiger partial charge in [0.2, 0.25) is 5.91 Å². The molecule has 0 radical (unpaired) electrons. The lowest BCUT2D eigenvalue weighted by molar-refractivity contribution is -0.122. The van der Waals surface area contributed by atoms with Crippen molar-refractivity contribution in [2.75, 3.05) is 6.61 Å². The maximum absolute atomic E-state index is 12.0. The first-order chi connectivity index (χ1) is 10.3. The summed E-state index contributed by atoms with van der Waals surface area (Å²) in [7, 11) is 0. The standard InChI is InChI=1S/C15H18N4O2/c20-15-7-4-8-19-9-13(17-18-19)10-21-11-14(16-15)12-5-2-1-3-6-12/h1-3,5-6,9,14H,4,7-8,10-11H2,(H,16,20)/t14-/m0/s1. The van der Waals surface area contributed by atoms with Crippen LogP contribution in [-0.4, -0.2) is 27.5 Å². The van der Waals surface area contributed by atoms with Crippen molar-refractivity contribution in [1.82, 2.24) is 20.3 Å². The van der Waals surface area contributed by atoms with Crippen molar-refractivity contribution < 1.29 is 9.53 Å². The van der Waals surface area contributed by atoms with Gasteiger partial charge in [-0.25, -0.2) is 0 Å². The zero-order valence-electron chi connectivity index (χ0n) is 11.7. The minimum Gasteiger partial charge on any atom is -0.373 e. The van der Waals surface area contributed by atoms with Gasteiger partial charge in [0, 0.05) is 13.0 Å². The van der Waals surface area contributed by atoms with E-state index in [0.717, 1.165) is 17.7 Å². The summed E-state index contributed by atoms with van der Waals surface area (Å²) in [6.07, 6.45) is 3.09. The normalized spacial score (nSPS) is 20.2. The molecule has 1 atom stereocenters. The van der Waals surface area contributed by atoms with Gasteiger partial charge in [0.1, 0.15) is 5.69 Å². The van der Waals surface area contributed by atoms with Gasteiger partial charge in [-0.1, -0.05) is 35.5 Å². The molecule has 1 aliphatic heterocycles. The molecule has 0 unspecified atom stereocenters. The van der Waals surface area contributed by atoms with Crippen LogP contribution in [0.3, 0.4) is 0 Å². The van der Waals surface area contributed by atoms with Crippen LogP contribution in [0.15, 0.2) is 36.5 Å². The van der Waals surface area contributed by atoms with Crippen LogP contribution in [0, 0.1) is 0 Å². The van der Waals surface area contributed by atoms with E-state index in [4.69, 9.17) is 4.74 Å². The topological polar surface area (TPSA) is 69.0 Å². The average molecular weight is 286 g/mol. The molecule has 0 saturated heterocycles. The molecule has 21 heavy (non-hydrogen) atoms. The first-order valence-electron chi connectivity index (χ1n) is 7.12. The number of hydrogen-bond donors (Lipinski definition) is 1. The molecule has 6 heteroatoms. The fourth-order valence-electron chi connectivity index (χ4n) is 2.37. The number of nitrogens with zero attached hydrogens (tertiary/aromatic N) is 3. The molecule has 2 heterocycles. The molecule has 0 aliphatic carbocycles. The minimum absolute atomic E-state index is 0.0355. The number of ether oxygens (including phenoxy) is 1. The van der Waals surface area contributed by atoms with E-state index in [9.17, 15) is 4.79 Å². The van der Waals surface area contributed by atoms with Crippen molar-refractivity contribution in [3.63, 3.8) is 0 Å². The van der Waals surface area contributed by atoms with Crippen LogP contribution in [0.5, 0.6) is 0 Å². The van der Waals surface area contributed by atoms with E-state index in [0.29, 0.717) is 26.2 Å². The second kappa shape index (κ2) is 6.49. The second-order valence-corrected chi connectivity index (χ2v) is 5.12. The molecular weight excluding hydrogens is 268 g/mol. The van der Waals surface area contributed by atoms with Gasteiger partial charge in [-0.05, 0) is 12.0 Å². The lowest BCUT2D eigenvalue weighted by atomic mass is 10.1. The summed E-state index contributed by atoms with van der Waals surface area (Å²) in [5, 5.41) is 11.1. The van der Waals surface area contributed by atoms with Crippen molar-refractivity contribution in [3.8, 4) is 0 Å². The molecule has 0 fully saturated rings. The second-order valence-electron chi connectivity index (χ2n) is 5.12. The Morgan fingerprint density at radius 3 is 3.00 bits per heavy atom. The van der Waals surface area contributed by atoms with E-state index in [1.807, 2.05) is 36.5 Å². The van der Waals surface area contributed by atoms with Crippen LogP contribution in [0.1, 0.15) is 30.1 Å². The molecule has 1 aromatic heterocycles. The van der Waals surface area contributed by atoms with Gasteiger partial charge in [-0.2, -0.15) is 0 Å². The lowest BCUT2D eigenvalue weighted by Gasteiger charge is -2.19. The maximum Gasteiger partial charge on any atom is 0.220 e. The molecule has 1 aromatic carbocycles. The highest BCUT2D eigenvalue weighted by molar-refractivity contribution is 5.76. The average Bonchev–Trinajstić information content (AvgIpc) is 2.94. The smallest absolute Gasteiger partial charge is 0.220 e. The Morgan fingerprint density at radius 2 is 2.14 bits per heavy atom. The molecule has 110 valence electrons. The molecule has 0 spiro atoms. The Bertz CT molecular complexity index is 597. The highest BCUT2D eigenvalue weighted by atomic mass is 16.5. The molecular formula is C15H18N4O2. The first kappa shape index (κ1) is 13.8. The third-order valence-corrected chi connectivity index (χ3v) is 3.45. The van der Waals surface area contributed by atoms with Gasteiger partial charge in [0.25, 0.3) is 0 Å². The monoisotopic (exact) mass is 286 g/mol. The highest BCUT2D eigenvalue weighted by Crippen LogP contribution is 2.15. The number of benzene rings is 1. The molecule has 0 saturated carbocycles. The van der Waals surface area contributed by atoms with E-state index >= 15 is 0 Å². The van der Waals surface area contributed by atoms with Crippen molar-refractivity contribution in [1.29, 1.82) is 0 Å². The number of aromatic nitrogens is 3. The molecule has 1 amide bonds. The highest BCUT2D eigenvalue weighted by Gasteiger charge is 2.16. The fraction of sp³-hybridized carbons (Fsp3) is 0.400. The summed E-state index contributed by atoms with van der Waals surface area (Å²) in [6.45, 7) is 1.51. The number of hydrogen-bond acceptors (Lipinski definition) is 4. The van der Waals surface area contributed by atoms with Crippen molar-refractivity contribution in [3.05, 3.63) is 47.8 Å². The lowest BCUT2D eigenvalue weighted by Crippen LogP contribution is -2.31. The Hall–Kier alpha value is -2.21. The molecule has 6 nitrogen and oxygen atoms in total. The molecule has 1 N–H and O–H groups in total. The summed E-state index contributed by atoms with van der Waals surface area (Å²) in [6, 6.07) is 9.74. The number of fused-ring (bicyclic) bond motifs is 2. The summed E-state index contributed by atoms with van der Waals surface area (Å²) >= 11 is 0. The Balaban J connectivity index is 1.75. The molecule has 1 aliphatic rings. The molecule has 2 aromatic rings. The van der Waals surface area contributed by atoms with E-state index in [-0.39, 0.29) is 11.9 Å². The number of nitrogens with one attached hydrogen (secondary N) is 1. The first-order valence-corrected chi connectivity index (χ1v) is 7.12. The predicted octanol–water partition coefficient (Wildman–Crippen LogP) is 1.45. The van der Waals surface area contributed by atoms with Crippen LogP contribution in [0.25, 0.3) is 0 Å². The summed E-state index contributed by atoms with van der Waals surface area (Å²) in [5.74, 6) is 0.0355. The van der Waals surface area contributed by atoms with E-state index < -0.39 is 0 Å². The van der Waals surface area contributed by atoms with Crippen LogP contribution >= 0.6 is 0 Å². The summed E-state index contributed by atoms with van der Waals surface area (Å²) in [4.78, 5) is 12.0. The molecule has 3 rings (SSSR count). The largest absolute Gasteiger partial charge is 0.373 e. The third kappa shape index (κ3) is 3.66. The van der Waals surface area contributed by atoms with Crippen LogP contribution in [-0.2, 0) is 22.7 Å². The van der Waals surface area contributed by atoms with Crippen LogP contribution in [0.2, 0.25) is 0 Å². The SMILES string of the molecule is O=C1CCCn2cc(nn2)COC[C@@H](c2ccccc2)N1. The Kier molecular flexibility index (Phi) is 4.25. The quantitative estimate of drug-likeness (QED) is 0.861. The van der Waals surface area contributed by atoms with Gasteiger partial charge < -0.3 is 10.1 Å². The van der Waals surface area contributed by atoms with Gasteiger partial charge >= 0.3 is 0 Å². The number of carbonyl (C=O) groups is 1. The van der Waals surface area contributed by atoms with Crippen molar-refractivity contribution >= 4 is 5.91 Å². The fourth-order valence-corrected chi connectivity index (χ4v) is 2.37. The zero-order valence-corrected chi connectivity index (χ0v) is 11.7. The van der Waals surface area contributed by atoms with Crippen LogP contribution < -0.4 is 5.32 Å². The van der Waals surface area contributed by atoms with Gasteiger partial charge in [-0.15, -0.1) is 5.10 Å². The number of aryl methyl sites for hydroxylation is 1. The predicted molar refractivity (Wildman–Crippen MR) is 76.2 cm³/mol.